The van der Waals surface area contributed by atoms with E-state index in [4.69, 9.17) is 0 Å². The second-order valence-corrected chi connectivity index (χ2v) is 6.36. The molecule has 2 aromatic carbocycles. The van der Waals surface area contributed by atoms with Crippen molar-refractivity contribution in [1.29, 1.82) is 0 Å². The van der Waals surface area contributed by atoms with Gasteiger partial charge in [0.1, 0.15) is 0 Å². The van der Waals surface area contributed by atoms with E-state index in [9.17, 15) is 4.79 Å². The summed E-state index contributed by atoms with van der Waals surface area (Å²) >= 11 is 5.18. The monoisotopic (exact) mass is 337 g/mol. The Morgan fingerprint density at radius 3 is 2.68 bits per heavy atom. The van der Waals surface area contributed by atoms with Crippen molar-refractivity contribution in [2.75, 3.05) is 12.0 Å². The van der Waals surface area contributed by atoms with Crippen LogP contribution in [0.2, 0.25) is 0 Å². The first-order valence-electron chi connectivity index (χ1n) is 6.09. The molecule has 19 heavy (non-hydrogen) atoms. The number of amides is 1. The van der Waals surface area contributed by atoms with E-state index < -0.39 is 0 Å². The topological polar surface area (TPSA) is 29.1 Å². The Morgan fingerprint density at radius 1 is 1.26 bits per heavy atom. The van der Waals surface area contributed by atoms with Crippen LogP contribution < -0.4 is 5.32 Å². The third-order valence-corrected chi connectivity index (χ3v) is 4.19. The largest absolute Gasteiger partial charge is 0.349 e. The lowest BCUT2D eigenvalue weighted by Crippen LogP contribution is -2.34. The number of benzene rings is 2. The molecule has 2 aromatic rings. The average Bonchev–Trinajstić information content (AvgIpc) is 2.38. The highest BCUT2D eigenvalue weighted by atomic mass is 79.9. The molecule has 0 spiro atoms. The van der Waals surface area contributed by atoms with Gasteiger partial charge in [-0.3, -0.25) is 4.79 Å². The molecule has 0 heterocycles. The molecule has 1 amide bonds. The van der Waals surface area contributed by atoms with Crippen LogP contribution in [0.1, 0.15) is 17.3 Å². The van der Waals surface area contributed by atoms with E-state index in [0.29, 0.717) is 5.56 Å². The molecular formula is C15H16BrNOS. The maximum atomic E-state index is 12.1. The highest BCUT2D eigenvalue weighted by molar-refractivity contribution is 9.10. The second kappa shape index (κ2) is 6.44. The molecule has 0 bridgehead atoms. The van der Waals surface area contributed by atoms with Gasteiger partial charge in [0.05, 0.1) is 0 Å². The summed E-state index contributed by atoms with van der Waals surface area (Å²) < 4.78 is 1.05. The van der Waals surface area contributed by atoms with Crippen LogP contribution in [0.25, 0.3) is 10.8 Å². The number of hydrogen-bond donors (Lipinski definition) is 1. The van der Waals surface area contributed by atoms with Crippen LogP contribution in [-0.2, 0) is 0 Å². The summed E-state index contributed by atoms with van der Waals surface area (Å²) in [5.41, 5.74) is 0.711. The minimum Gasteiger partial charge on any atom is -0.349 e. The van der Waals surface area contributed by atoms with Crippen LogP contribution in [0.5, 0.6) is 0 Å². The molecule has 4 heteroatoms. The van der Waals surface area contributed by atoms with Gasteiger partial charge in [-0.15, -0.1) is 0 Å². The quantitative estimate of drug-likeness (QED) is 0.910. The van der Waals surface area contributed by atoms with Gasteiger partial charge in [-0.1, -0.05) is 28.1 Å². The highest BCUT2D eigenvalue weighted by Gasteiger charge is 2.09. The maximum absolute atomic E-state index is 12.1. The van der Waals surface area contributed by atoms with Crippen LogP contribution in [0.15, 0.2) is 40.9 Å². The Balaban J connectivity index is 2.21. The zero-order valence-corrected chi connectivity index (χ0v) is 13.3. The van der Waals surface area contributed by atoms with E-state index >= 15 is 0 Å². The Labute approximate surface area is 126 Å². The molecule has 1 N–H and O–H groups in total. The van der Waals surface area contributed by atoms with E-state index in [1.807, 2.05) is 49.6 Å². The van der Waals surface area contributed by atoms with Crippen LogP contribution in [0, 0.1) is 0 Å². The summed E-state index contributed by atoms with van der Waals surface area (Å²) in [6.07, 6.45) is 2.04. The van der Waals surface area contributed by atoms with Crippen molar-refractivity contribution in [2.45, 2.75) is 13.0 Å². The highest BCUT2D eigenvalue weighted by Crippen LogP contribution is 2.21. The second-order valence-electron chi connectivity index (χ2n) is 4.54. The lowest BCUT2D eigenvalue weighted by molar-refractivity contribution is 0.0944. The Morgan fingerprint density at radius 2 is 1.95 bits per heavy atom. The third kappa shape index (κ3) is 3.74. The molecule has 2 nitrogen and oxygen atoms in total. The standard InChI is InChI=1S/C15H16BrNOS/c1-10(9-19-2)17-15(18)13-4-3-12-8-14(16)6-5-11(12)7-13/h3-8,10H,9H2,1-2H3,(H,17,18). The lowest BCUT2D eigenvalue weighted by atomic mass is 10.1. The third-order valence-electron chi connectivity index (χ3n) is 2.86. The number of carbonyl (C=O) groups is 1. The lowest BCUT2D eigenvalue weighted by Gasteiger charge is -2.12. The molecule has 2 rings (SSSR count). The summed E-state index contributed by atoms with van der Waals surface area (Å²) in [6, 6.07) is 12.0. The summed E-state index contributed by atoms with van der Waals surface area (Å²) in [5.74, 6) is 0.915. The predicted octanol–water partition coefficient (Wildman–Crippen LogP) is 4.08. The number of hydrogen-bond acceptors (Lipinski definition) is 2. The van der Waals surface area contributed by atoms with Gasteiger partial charge in [-0.2, -0.15) is 11.8 Å². The molecule has 0 saturated heterocycles. The molecule has 0 aliphatic heterocycles. The van der Waals surface area contributed by atoms with Gasteiger partial charge in [0.25, 0.3) is 5.91 Å². The van der Waals surface area contributed by atoms with Gasteiger partial charge in [0, 0.05) is 21.8 Å². The SMILES string of the molecule is CSCC(C)NC(=O)c1ccc2cc(Br)ccc2c1. The molecule has 1 atom stereocenters. The van der Waals surface area contributed by atoms with E-state index in [1.165, 1.54) is 0 Å². The minimum atomic E-state index is -0.00799. The van der Waals surface area contributed by atoms with Crippen molar-refractivity contribution in [3.63, 3.8) is 0 Å². The first kappa shape index (κ1) is 14.4. The van der Waals surface area contributed by atoms with Gasteiger partial charge >= 0.3 is 0 Å². The van der Waals surface area contributed by atoms with Crippen molar-refractivity contribution < 1.29 is 4.79 Å². The summed E-state index contributed by atoms with van der Waals surface area (Å²) in [5, 5.41) is 5.21. The molecule has 1 unspecified atom stereocenters. The van der Waals surface area contributed by atoms with Gasteiger partial charge in [-0.25, -0.2) is 0 Å². The van der Waals surface area contributed by atoms with Gasteiger partial charge in [0.15, 0.2) is 0 Å². The first-order chi connectivity index (χ1) is 9.10. The van der Waals surface area contributed by atoms with Crippen molar-refractivity contribution in [2.24, 2.45) is 0 Å². The van der Waals surface area contributed by atoms with Gasteiger partial charge in [-0.05, 0) is 48.2 Å². The number of carbonyl (C=O) groups excluding carboxylic acids is 1. The Hall–Kier alpha value is -1.00. The van der Waals surface area contributed by atoms with Crippen molar-refractivity contribution in [1.82, 2.24) is 5.32 Å². The van der Waals surface area contributed by atoms with E-state index in [2.05, 4.69) is 21.2 Å². The zero-order chi connectivity index (χ0) is 13.8. The van der Waals surface area contributed by atoms with Crippen molar-refractivity contribution >= 4 is 44.4 Å². The fourth-order valence-corrected chi connectivity index (χ4v) is 2.92. The first-order valence-corrected chi connectivity index (χ1v) is 8.28. The molecule has 0 aromatic heterocycles. The fraction of sp³-hybridized carbons (Fsp3) is 0.267. The van der Waals surface area contributed by atoms with E-state index in [1.54, 1.807) is 11.8 Å². The smallest absolute Gasteiger partial charge is 0.251 e. The number of thioether (sulfide) groups is 1. The average molecular weight is 338 g/mol. The zero-order valence-electron chi connectivity index (χ0n) is 10.9. The van der Waals surface area contributed by atoms with Crippen molar-refractivity contribution in [3.05, 3.63) is 46.4 Å². The minimum absolute atomic E-state index is 0.00799. The maximum Gasteiger partial charge on any atom is 0.251 e. The summed E-state index contributed by atoms with van der Waals surface area (Å²) in [6.45, 7) is 2.02. The number of rotatable bonds is 4. The van der Waals surface area contributed by atoms with E-state index in [0.717, 1.165) is 21.0 Å². The molecule has 0 saturated carbocycles. The molecular weight excluding hydrogens is 322 g/mol. The van der Waals surface area contributed by atoms with Gasteiger partial charge in [0.2, 0.25) is 0 Å². The Kier molecular flexibility index (Phi) is 4.88. The normalized spacial score (nSPS) is 12.4. The molecule has 0 aliphatic carbocycles. The van der Waals surface area contributed by atoms with Crippen LogP contribution in [0.3, 0.4) is 0 Å². The van der Waals surface area contributed by atoms with Crippen LogP contribution in [0.4, 0.5) is 0 Å². The van der Waals surface area contributed by atoms with Crippen molar-refractivity contribution in [3.8, 4) is 0 Å². The van der Waals surface area contributed by atoms with E-state index in [-0.39, 0.29) is 11.9 Å². The summed E-state index contributed by atoms with van der Waals surface area (Å²) in [4.78, 5) is 12.1. The number of nitrogens with one attached hydrogen (secondary N) is 1. The molecule has 0 radical (unpaired) electrons. The fourth-order valence-electron chi connectivity index (χ4n) is 1.96. The van der Waals surface area contributed by atoms with Crippen LogP contribution >= 0.6 is 27.7 Å². The molecule has 0 aliphatic rings. The number of fused-ring (bicyclic) bond motifs is 1. The molecule has 100 valence electrons. The predicted molar refractivity (Wildman–Crippen MR) is 87.0 cm³/mol. The molecule has 0 fully saturated rings. The summed E-state index contributed by atoms with van der Waals surface area (Å²) in [7, 11) is 0. The van der Waals surface area contributed by atoms with Crippen LogP contribution in [-0.4, -0.2) is 24.0 Å². The van der Waals surface area contributed by atoms with Gasteiger partial charge < -0.3 is 5.32 Å². The number of halogens is 1. The Bertz CT molecular complexity index is 600.